The number of rotatable bonds is 17. The maximum atomic E-state index is 14.7. The minimum Gasteiger partial charge on any atom is -0.508 e. The molecule has 1 amide bonds. The highest BCUT2D eigenvalue weighted by molar-refractivity contribution is 7.89. The number of phenols is 1. The van der Waals surface area contributed by atoms with Gasteiger partial charge in [-0.05, 0) is 98.4 Å². The molecule has 2 heterocycles. The summed E-state index contributed by atoms with van der Waals surface area (Å²) in [6.45, 7) is 6.05. The number of hydrogen-bond donors (Lipinski definition) is 4. The van der Waals surface area contributed by atoms with Crippen molar-refractivity contribution in [3.05, 3.63) is 72.3 Å². The standard InChI is InChI=1S/C41H55N3O10S/c1-4-22-52-41-37(44(3)55(49,50)31-17-14-29(15-18-31)42-27(2)47)26-35(43-54-38-13-7-10-23-51-38)33-24-28(11-5-8-20-45)32(12-6-9-21-46)39(40(33)41)34-25-30(48)16-19-36(34)53-41/h4,14-19,24-25,28,32,37-40,45-46,48H,1,5-13,20-23,26H2,2-3H3,(H,42,47). The summed E-state index contributed by atoms with van der Waals surface area (Å²) in [5.74, 6) is -2.25. The van der Waals surface area contributed by atoms with Crippen LogP contribution in [0.4, 0.5) is 5.69 Å². The van der Waals surface area contributed by atoms with Crippen molar-refractivity contribution in [2.24, 2.45) is 22.9 Å². The average molecular weight is 782 g/mol. The lowest BCUT2D eigenvalue weighted by atomic mass is 9.55. The van der Waals surface area contributed by atoms with Crippen LogP contribution in [0.3, 0.4) is 0 Å². The molecule has 300 valence electrons. The summed E-state index contributed by atoms with van der Waals surface area (Å²) in [6, 6.07) is 10.0. The Balaban J connectivity index is 1.55. The Morgan fingerprint density at radius 3 is 2.51 bits per heavy atom. The van der Waals surface area contributed by atoms with Gasteiger partial charge in [-0.15, -0.1) is 6.58 Å². The van der Waals surface area contributed by atoms with Crippen LogP contribution in [0.25, 0.3) is 0 Å². The van der Waals surface area contributed by atoms with Gasteiger partial charge in [0.15, 0.2) is 0 Å². The number of anilines is 1. The number of carbonyl (C=O) groups excluding carboxylic acids is 1. The van der Waals surface area contributed by atoms with E-state index in [1.165, 1.54) is 30.4 Å². The Hall–Kier alpha value is -3.79. The molecule has 2 aliphatic carbocycles. The quantitative estimate of drug-likeness (QED) is 0.0868. The number of sulfonamides is 1. The van der Waals surface area contributed by atoms with Crippen molar-refractivity contribution in [1.29, 1.82) is 0 Å². The van der Waals surface area contributed by atoms with Gasteiger partial charge in [0.2, 0.25) is 28.0 Å². The van der Waals surface area contributed by atoms with Crippen molar-refractivity contribution in [3.8, 4) is 11.5 Å². The van der Waals surface area contributed by atoms with Gasteiger partial charge in [0, 0.05) is 57.2 Å². The van der Waals surface area contributed by atoms with Crippen LogP contribution in [-0.4, -0.2) is 91.3 Å². The number of nitrogens with zero attached hydrogens (tertiary/aromatic N) is 2. The molecule has 0 bridgehead atoms. The van der Waals surface area contributed by atoms with Crippen LogP contribution in [0.15, 0.2) is 76.8 Å². The van der Waals surface area contributed by atoms with Crippen LogP contribution in [0.2, 0.25) is 0 Å². The first-order chi connectivity index (χ1) is 26.5. The maximum absolute atomic E-state index is 14.7. The molecular formula is C41H55N3O10S. The van der Waals surface area contributed by atoms with Crippen molar-refractivity contribution in [2.75, 3.05) is 38.8 Å². The van der Waals surface area contributed by atoms with Gasteiger partial charge in [0.05, 0.1) is 35.8 Å². The Morgan fingerprint density at radius 2 is 1.84 bits per heavy atom. The lowest BCUT2D eigenvalue weighted by molar-refractivity contribution is -0.250. The third kappa shape index (κ3) is 8.64. The second kappa shape index (κ2) is 18.0. The molecule has 2 aliphatic heterocycles. The molecule has 0 spiro atoms. The molecule has 2 aromatic rings. The van der Waals surface area contributed by atoms with Gasteiger partial charge in [0.1, 0.15) is 11.5 Å². The first-order valence-electron chi connectivity index (χ1n) is 19.4. The number of aromatic hydroxyl groups is 1. The second-order valence-electron chi connectivity index (χ2n) is 14.9. The lowest BCUT2D eigenvalue weighted by Crippen LogP contribution is -2.69. The van der Waals surface area contributed by atoms with E-state index < -0.39 is 34.1 Å². The monoisotopic (exact) mass is 781 g/mol. The summed E-state index contributed by atoms with van der Waals surface area (Å²) in [5.41, 5.74) is 2.63. The van der Waals surface area contributed by atoms with E-state index in [0.29, 0.717) is 43.0 Å². The normalized spacial score (nSPS) is 28.1. The number of benzene rings is 2. The fourth-order valence-electron chi connectivity index (χ4n) is 8.88. The van der Waals surface area contributed by atoms with Crippen molar-refractivity contribution in [2.45, 2.75) is 100 Å². The molecule has 4 N–H and O–H groups in total. The van der Waals surface area contributed by atoms with Crippen LogP contribution in [0.1, 0.15) is 82.6 Å². The number of amides is 1. The molecule has 4 aliphatic rings. The fourth-order valence-corrected chi connectivity index (χ4v) is 10.2. The number of aliphatic hydroxyl groups is 2. The van der Waals surface area contributed by atoms with Gasteiger partial charge in [-0.3, -0.25) is 4.79 Å². The largest absolute Gasteiger partial charge is 0.508 e. The predicted molar refractivity (Wildman–Crippen MR) is 207 cm³/mol. The van der Waals surface area contributed by atoms with Crippen LogP contribution >= 0.6 is 0 Å². The average Bonchev–Trinajstić information content (AvgIpc) is 3.18. The number of phenolic OH excluding ortho intramolecular Hbond substituents is 1. The second-order valence-corrected chi connectivity index (χ2v) is 16.9. The molecule has 7 unspecified atom stereocenters. The minimum absolute atomic E-state index is 0.0156. The lowest BCUT2D eigenvalue weighted by Gasteiger charge is -2.59. The summed E-state index contributed by atoms with van der Waals surface area (Å²) >= 11 is 0. The summed E-state index contributed by atoms with van der Waals surface area (Å²) in [5, 5.41) is 37.9. The maximum Gasteiger partial charge on any atom is 0.243 e. The summed E-state index contributed by atoms with van der Waals surface area (Å²) < 4.78 is 50.4. The SMILES string of the molecule is C=CCOC12Oc3ccc(O)cc3C3C(CCCCO)C(CCCCO)C=C(C(=NOC4CCCCO4)CC1N(C)S(=O)(=O)c1ccc(NC(C)=O)cc1)C32. The van der Waals surface area contributed by atoms with Gasteiger partial charge < -0.3 is 39.7 Å². The molecule has 55 heavy (non-hydrogen) atoms. The van der Waals surface area contributed by atoms with Crippen molar-refractivity contribution >= 4 is 27.3 Å². The highest BCUT2D eigenvalue weighted by Gasteiger charge is 2.65. The number of likely N-dealkylation sites (N-methyl/N-ethyl adjacent to an activating group) is 1. The number of fused-ring (bicyclic) bond motifs is 2. The van der Waals surface area contributed by atoms with Crippen molar-refractivity contribution < 1.29 is 47.6 Å². The third-order valence-electron chi connectivity index (χ3n) is 11.4. The van der Waals surface area contributed by atoms with E-state index in [4.69, 9.17) is 24.2 Å². The molecule has 14 heteroatoms. The van der Waals surface area contributed by atoms with Crippen LogP contribution in [-0.2, 0) is 29.1 Å². The van der Waals surface area contributed by atoms with E-state index in [1.807, 2.05) is 0 Å². The van der Waals surface area contributed by atoms with E-state index >= 15 is 0 Å². The molecule has 6 rings (SSSR count). The van der Waals surface area contributed by atoms with E-state index in [2.05, 4.69) is 18.0 Å². The zero-order chi connectivity index (χ0) is 39.2. The third-order valence-corrected chi connectivity index (χ3v) is 13.2. The zero-order valence-electron chi connectivity index (χ0n) is 31.8. The fraction of sp³-hybridized carbons (Fsp3) is 0.561. The minimum atomic E-state index is -4.22. The number of ether oxygens (including phenoxy) is 3. The number of nitrogens with one attached hydrogen (secondary N) is 1. The Labute approximate surface area is 324 Å². The van der Waals surface area contributed by atoms with Crippen molar-refractivity contribution in [1.82, 2.24) is 4.31 Å². The molecule has 2 fully saturated rings. The number of allylic oxidation sites excluding steroid dienone is 1. The number of aliphatic hydroxyl groups excluding tert-OH is 2. The van der Waals surface area contributed by atoms with Gasteiger partial charge in [-0.2, -0.15) is 4.31 Å². The Morgan fingerprint density at radius 1 is 1.09 bits per heavy atom. The smallest absolute Gasteiger partial charge is 0.243 e. The zero-order valence-corrected chi connectivity index (χ0v) is 32.6. The summed E-state index contributed by atoms with van der Waals surface area (Å²) in [7, 11) is -2.70. The molecule has 13 nitrogen and oxygen atoms in total. The Kier molecular flexibility index (Phi) is 13.4. The van der Waals surface area contributed by atoms with Crippen molar-refractivity contribution in [3.63, 3.8) is 0 Å². The highest BCUT2D eigenvalue weighted by Crippen LogP contribution is 2.62. The number of oxime groups is 1. The van der Waals surface area contributed by atoms with Gasteiger partial charge in [-0.1, -0.05) is 30.1 Å². The first-order valence-corrected chi connectivity index (χ1v) is 20.9. The molecule has 1 saturated heterocycles. The molecule has 0 aromatic heterocycles. The summed E-state index contributed by atoms with van der Waals surface area (Å²) in [6.07, 6.45) is 10.2. The first kappa shape index (κ1) is 40.9. The van der Waals surface area contributed by atoms with E-state index in [0.717, 1.165) is 49.7 Å². The van der Waals surface area contributed by atoms with E-state index in [-0.39, 0.29) is 60.5 Å². The van der Waals surface area contributed by atoms with E-state index in [9.17, 15) is 28.5 Å². The summed E-state index contributed by atoms with van der Waals surface area (Å²) in [4.78, 5) is 17.8. The van der Waals surface area contributed by atoms with Crippen LogP contribution in [0.5, 0.6) is 11.5 Å². The molecule has 0 radical (unpaired) electrons. The predicted octanol–water partition coefficient (Wildman–Crippen LogP) is 5.83. The van der Waals surface area contributed by atoms with E-state index in [1.54, 1.807) is 36.4 Å². The molecule has 7 atom stereocenters. The van der Waals surface area contributed by atoms with Crippen LogP contribution in [0, 0.1) is 17.8 Å². The number of carbonyl (C=O) groups is 1. The Bertz CT molecular complexity index is 1830. The number of hydrogen-bond acceptors (Lipinski definition) is 11. The number of unbranched alkanes of at least 4 members (excludes halogenated alkanes) is 2. The molecule has 2 aromatic carbocycles. The molecule has 1 saturated carbocycles. The van der Waals surface area contributed by atoms with Gasteiger partial charge in [-0.25, -0.2) is 8.42 Å². The van der Waals surface area contributed by atoms with Gasteiger partial charge >= 0.3 is 0 Å². The topological polar surface area (TPSA) is 176 Å². The molecular weight excluding hydrogens is 727 g/mol. The van der Waals surface area contributed by atoms with Crippen LogP contribution < -0.4 is 10.1 Å². The van der Waals surface area contributed by atoms with Gasteiger partial charge in [0.25, 0.3) is 0 Å². The highest BCUT2D eigenvalue weighted by atomic mass is 32.2.